The lowest BCUT2D eigenvalue weighted by atomic mass is 10.2. The van der Waals surface area contributed by atoms with Crippen molar-refractivity contribution in [2.45, 2.75) is 26.2 Å². The summed E-state index contributed by atoms with van der Waals surface area (Å²) in [7, 11) is 2.06. The van der Waals surface area contributed by atoms with Crippen LogP contribution in [0.3, 0.4) is 0 Å². The average molecular weight is 259 g/mol. The number of para-hydroxylation sites is 1. The average Bonchev–Trinajstić information content (AvgIpc) is 2.46. The molecule has 2 rings (SSSR count). The molecular formula is C14H21N5. The lowest BCUT2D eigenvalue weighted by Crippen LogP contribution is -2.21. The summed E-state index contributed by atoms with van der Waals surface area (Å²) in [6, 6.07) is 7.99. The molecule has 3 N–H and O–H groups in total. The minimum Gasteiger partial charge on any atom is -0.359 e. The van der Waals surface area contributed by atoms with Gasteiger partial charge in [0, 0.05) is 19.0 Å². The number of nitrogen functional groups attached to an aromatic ring is 1. The Hall–Kier alpha value is -1.88. The van der Waals surface area contributed by atoms with E-state index in [0.717, 1.165) is 29.7 Å². The number of rotatable bonds is 6. The Morgan fingerprint density at radius 1 is 1.21 bits per heavy atom. The number of unbranched alkanes of at least 4 members (excludes halogenated alkanes) is 2. The number of nitrogens with one attached hydrogen (secondary N) is 1. The van der Waals surface area contributed by atoms with Gasteiger partial charge in [0.15, 0.2) is 0 Å². The van der Waals surface area contributed by atoms with Crippen LogP contribution in [-0.2, 0) is 0 Å². The summed E-state index contributed by atoms with van der Waals surface area (Å²) < 4.78 is 0. The minimum atomic E-state index is 0.455. The van der Waals surface area contributed by atoms with Crippen LogP contribution in [0.15, 0.2) is 24.3 Å². The Kier molecular flexibility index (Phi) is 4.52. The maximum absolute atomic E-state index is 5.44. The maximum atomic E-state index is 5.44. The number of benzene rings is 1. The topological polar surface area (TPSA) is 67.1 Å². The quantitative estimate of drug-likeness (QED) is 0.474. The number of nitrogens with zero attached hydrogens (tertiary/aromatic N) is 3. The lowest BCUT2D eigenvalue weighted by Gasteiger charge is -2.20. The minimum absolute atomic E-state index is 0.455. The van der Waals surface area contributed by atoms with Crippen molar-refractivity contribution >= 4 is 22.7 Å². The highest BCUT2D eigenvalue weighted by Gasteiger charge is 2.10. The van der Waals surface area contributed by atoms with Gasteiger partial charge in [0.2, 0.25) is 5.95 Å². The van der Waals surface area contributed by atoms with Crippen LogP contribution >= 0.6 is 0 Å². The van der Waals surface area contributed by atoms with Gasteiger partial charge in [-0.1, -0.05) is 31.9 Å². The number of hydrogen-bond donors (Lipinski definition) is 2. The fourth-order valence-corrected chi connectivity index (χ4v) is 2.12. The molecule has 1 heterocycles. The summed E-state index contributed by atoms with van der Waals surface area (Å²) in [5.41, 5.74) is 3.44. The fourth-order valence-electron chi connectivity index (χ4n) is 2.12. The van der Waals surface area contributed by atoms with Crippen LogP contribution in [0.5, 0.6) is 0 Å². The van der Waals surface area contributed by atoms with Crippen molar-refractivity contribution in [2.24, 2.45) is 5.84 Å². The molecule has 0 aliphatic heterocycles. The summed E-state index contributed by atoms with van der Waals surface area (Å²) in [5.74, 6) is 6.82. The van der Waals surface area contributed by atoms with Gasteiger partial charge in [0.25, 0.3) is 0 Å². The molecule has 0 bridgehead atoms. The highest BCUT2D eigenvalue weighted by molar-refractivity contribution is 5.90. The molecule has 5 nitrogen and oxygen atoms in total. The second-order valence-corrected chi connectivity index (χ2v) is 4.66. The number of hydrogen-bond acceptors (Lipinski definition) is 5. The van der Waals surface area contributed by atoms with Gasteiger partial charge in [-0.3, -0.25) is 5.43 Å². The summed E-state index contributed by atoms with van der Waals surface area (Å²) in [6.45, 7) is 3.19. The van der Waals surface area contributed by atoms with Crippen LogP contribution < -0.4 is 16.2 Å². The lowest BCUT2D eigenvalue weighted by molar-refractivity contribution is 0.702. The predicted molar refractivity (Wildman–Crippen MR) is 80.1 cm³/mol. The molecule has 0 amide bonds. The molecule has 0 spiro atoms. The summed E-state index contributed by atoms with van der Waals surface area (Å²) in [4.78, 5) is 11.0. The summed E-state index contributed by atoms with van der Waals surface area (Å²) in [5, 5.41) is 1.06. The van der Waals surface area contributed by atoms with E-state index in [4.69, 9.17) is 5.84 Å². The molecule has 1 aromatic heterocycles. The van der Waals surface area contributed by atoms with Crippen LogP contribution in [0.2, 0.25) is 0 Å². The van der Waals surface area contributed by atoms with Gasteiger partial charge in [-0.15, -0.1) is 0 Å². The number of hydrazine groups is 1. The van der Waals surface area contributed by atoms with Gasteiger partial charge in [-0.2, -0.15) is 4.98 Å². The summed E-state index contributed by atoms with van der Waals surface area (Å²) in [6.07, 6.45) is 3.61. The number of aromatic nitrogens is 2. The van der Waals surface area contributed by atoms with Crippen LogP contribution in [0.4, 0.5) is 11.8 Å². The van der Waals surface area contributed by atoms with Gasteiger partial charge >= 0.3 is 0 Å². The molecular weight excluding hydrogens is 238 g/mol. The molecule has 0 saturated heterocycles. The van der Waals surface area contributed by atoms with Gasteiger partial charge in [0.05, 0.1) is 5.52 Å². The van der Waals surface area contributed by atoms with E-state index in [1.807, 2.05) is 24.3 Å². The first-order valence-corrected chi connectivity index (χ1v) is 6.70. The van der Waals surface area contributed by atoms with Crippen LogP contribution in [0.25, 0.3) is 10.9 Å². The Bertz CT molecular complexity index is 540. The van der Waals surface area contributed by atoms with E-state index in [9.17, 15) is 0 Å². The Balaban J connectivity index is 2.34. The fraction of sp³-hybridized carbons (Fsp3) is 0.429. The Morgan fingerprint density at radius 2 is 2.00 bits per heavy atom. The highest BCUT2D eigenvalue weighted by atomic mass is 15.3. The van der Waals surface area contributed by atoms with Crippen molar-refractivity contribution < 1.29 is 0 Å². The van der Waals surface area contributed by atoms with Gasteiger partial charge in [-0.05, 0) is 18.6 Å². The van der Waals surface area contributed by atoms with E-state index in [0.29, 0.717) is 5.95 Å². The zero-order valence-corrected chi connectivity index (χ0v) is 11.6. The predicted octanol–water partition coefficient (Wildman–Crippen LogP) is 2.54. The van der Waals surface area contributed by atoms with E-state index >= 15 is 0 Å². The molecule has 19 heavy (non-hydrogen) atoms. The van der Waals surface area contributed by atoms with Gasteiger partial charge in [0.1, 0.15) is 5.82 Å². The van der Waals surface area contributed by atoms with Crippen molar-refractivity contribution in [2.75, 3.05) is 23.9 Å². The van der Waals surface area contributed by atoms with Gasteiger partial charge in [-0.25, -0.2) is 10.8 Å². The second-order valence-electron chi connectivity index (χ2n) is 4.66. The van der Waals surface area contributed by atoms with Gasteiger partial charge < -0.3 is 4.90 Å². The van der Waals surface area contributed by atoms with Crippen molar-refractivity contribution in [1.82, 2.24) is 9.97 Å². The van der Waals surface area contributed by atoms with Crippen LogP contribution in [-0.4, -0.2) is 23.6 Å². The van der Waals surface area contributed by atoms with Crippen LogP contribution in [0.1, 0.15) is 26.2 Å². The number of anilines is 2. The second kappa shape index (κ2) is 6.33. The van der Waals surface area contributed by atoms with Crippen LogP contribution in [0, 0.1) is 0 Å². The molecule has 0 saturated carbocycles. The summed E-state index contributed by atoms with van der Waals surface area (Å²) >= 11 is 0. The normalized spacial score (nSPS) is 10.7. The molecule has 0 radical (unpaired) electrons. The first-order valence-electron chi connectivity index (χ1n) is 6.70. The van der Waals surface area contributed by atoms with E-state index in [2.05, 4.69) is 34.3 Å². The molecule has 0 unspecified atom stereocenters. The van der Waals surface area contributed by atoms with Crippen molar-refractivity contribution in [3.63, 3.8) is 0 Å². The van der Waals surface area contributed by atoms with Crippen molar-refractivity contribution in [3.05, 3.63) is 24.3 Å². The maximum Gasteiger partial charge on any atom is 0.239 e. The third-order valence-corrected chi connectivity index (χ3v) is 3.17. The monoisotopic (exact) mass is 259 g/mol. The van der Waals surface area contributed by atoms with Crippen molar-refractivity contribution in [3.8, 4) is 0 Å². The van der Waals surface area contributed by atoms with Crippen molar-refractivity contribution in [1.29, 1.82) is 0 Å². The smallest absolute Gasteiger partial charge is 0.239 e. The first-order chi connectivity index (χ1) is 9.26. The largest absolute Gasteiger partial charge is 0.359 e. The standard InChI is InChI=1S/C14H21N5/c1-3-4-7-10-19(2)13-11-8-5-6-9-12(11)16-14(17-13)18-15/h5-6,8-9H,3-4,7,10,15H2,1-2H3,(H,16,17,18). The molecule has 0 aliphatic carbocycles. The number of fused-ring (bicyclic) bond motifs is 1. The van der Waals surface area contributed by atoms with E-state index in [1.165, 1.54) is 12.8 Å². The first kappa shape index (κ1) is 13.5. The third-order valence-electron chi connectivity index (χ3n) is 3.17. The molecule has 2 aromatic rings. The van der Waals surface area contributed by atoms with E-state index < -0.39 is 0 Å². The van der Waals surface area contributed by atoms with E-state index in [1.54, 1.807) is 0 Å². The third kappa shape index (κ3) is 3.12. The van der Waals surface area contributed by atoms with E-state index in [-0.39, 0.29) is 0 Å². The number of nitrogens with two attached hydrogens (primary N) is 1. The SMILES string of the molecule is CCCCCN(C)c1nc(NN)nc2ccccc12. The Labute approximate surface area is 113 Å². The molecule has 1 aromatic carbocycles. The molecule has 0 fully saturated rings. The molecule has 0 atom stereocenters. The Morgan fingerprint density at radius 3 is 2.74 bits per heavy atom. The molecule has 5 heteroatoms. The molecule has 102 valence electrons. The highest BCUT2D eigenvalue weighted by Crippen LogP contribution is 2.24. The zero-order valence-electron chi connectivity index (χ0n) is 11.6. The zero-order chi connectivity index (χ0) is 13.7. The molecule has 0 aliphatic rings.